The van der Waals surface area contributed by atoms with Gasteiger partial charge in [0.05, 0.1) is 5.75 Å². The number of hydrogen-bond acceptors (Lipinski definition) is 4. The zero-order chi connectivity index (χ0) is 19.0. The largest absolute Gasteiger partial charge is 0.357 e. The molecule has 8 heteroatoms. The molecular formula is C18H34N4O3S. The minimum absolute atomic E-state index is 0.156. The first-order chi connectivity index (χ1) is 12.4. The Labute approximate surface area is 157 Å². The lowest BCUT2D eigenvalue weighted by Gasteiger charge is -2.26. The highest BCUT2D eigenvalue weighted by atomic mass is 32.2. The maximum absolute atomic E-state index is 12.7. The lowest BCUT2D eigenvalue weighted by molar-refractivity contribution is -0.135. The lowest BCUT2D eigenvalue weighted by Crippen LogP contribution is -2.45. The maximum Gasteiger partial charge on any atom is 0.225 e. The molecule has 150 valence electrons. The summed E-state index contributed by atoms with van der Waals surface area (Å²) in [7, 11) is -2.94. The van der Waals surface area contributed by atoms with Crippen LogP contribution in [0.4, 0.5) is 0 Å². The van der Waals surface area contributed by atoms with Gasteiger partial charge < -0.3 is 15.5 Å². The van der Waals surface area contributed by atoms with Crippen molar-refractivity contribution in [3.8, 4) is 0 Å². The van der Waals surface area contributed by atoms with Gasteiger partial charge in [0.25, 0.3) is 0 Å². The van der Waals surface area contributed by atoms with E-state index in [1.165, 1.54) is 25.5 Å². The Balaban J connectivity index is 1.80. The van der Waals surface area contributed by atoms with E-state index in [-0.39, 0.29) is 17.7 Å². The summed E-state index contributed by atoms with van der Waals surface area (Å²) >= 11 is 0. The monoisotopic (exact) mass is 386 g/mol. The number of sulfone groups is 1. The van der Waals surface area contributed by atoms with Gasteiger partial charge in [-0.25, -0.2) is 8.42 Å². The van der Waals surface area contributed by atoms with Crippen LogP contribution in [-0.2, 0) is 14.6 Å². The Hall–Kier alpha value is -1.31. The summed E-state index contributed by atoms with van der Waals surface area (Å²) < 4.78 is 22.4. The molecule has 1 atom stereocenters. The zero-order valence-corrected chi connectivity index (χ0v) is 17.0. The first-order valence-electron chi connectivity index (χ1n) is 9.90. The van der Waals surface area contributed by atoms with Gasteiger partial charge >= 0.3 is 0 Å². The molecule has 0 bridgehead atoms. The van der Waals surface area contributed by atoms with Gasteiger partial charge in [-0.05, 0) is 32.6 Å². The summed E-state index contributed by atoms with van der Waals surface area (Å²) in [6.45, 7) is 4.75. The normalized spacial score (nSPS) is 22.5. The van der Waals surface area contributed by atoms with Gasteiger partial charge in [-0.1, -0.05) is 19.3 Å². The van der Waals surface area contributed by atoms with E-state index in [0.29, 0.717) is 24.8 Å². The molecule has 1 saturated heterocycles. The van der Waals surface area contributed by atoms with Gasteiger partial charge in [-0.3, -0.25) is 9.79 Å². The van der Waals surface area contributed by atoms with Crippen LogP contribution in [0.15, 0.2) is 4.99 Å². The topological polar surface area (TPSA) is 90.9 Å². The Bertz CT molecular complexity index is 585. The molecule has 2 aliphatic rings. The molecule has 1 unspecified atom stereocenters. The fraction of sp³-hybridized carbons (Fsp3) is 0.889. The summed E-state index contributed by atoms with van der Waals surface area (Å²) in [4.78, 5) is 19.1. The van der Waals surface area contributed by atoms with Crippen molar-refractivity contribution >= 4 is 21.7 Å². The average molecular weight is 387 g/mol. The summed E-state index contributed by atoms with van der Waals surface area (Å²) in [5, 5.41) is 6.60. The fourth-order valence-corrected chi connectivity index (χ4v) is 4.37. The standard InChI is InChI=1S/C18H34N4O3S/c1-3-19-18(20-11-7-13-26(2,24)25)21-16-10-12-22(14-16)17(23)15-8-5-4-6-9-15/h15-16H,3-14H2,1-2H3,(H2,19,20,21). The van der Waals surface area contributed by atoms with E-state index in [1.54, 1.807) is 0 Å². The van der Waals surface area contributed by atoms with Gasteiger partial charge in [0.2, 0.25) is 5.91 Å². The summed E-state index contributed by atoms with van der Waals surface area (Å²) in [5.41, 5.74) is 0. The smallest absolute Gasteiger partial charge is 0.225 e. The van der Waals surface area contributed by atoms with Crippen LogP contribution < -0.4 is 10.6 Å². The number of guanidine groups is 1. The highest BCUT2D eigenvalue weighted by Gasteiger charge is 2.31. The van der Waals surface area contributed by atoms with Crippen molar-refractivity contribution in [3.05, 3.63) is 0 Å². The molecule has 1 amide bonds. The Morgan fingerprint density at radius 2 is 1.92 bits per heavy atom. The molecule has 1 heterocycles. The molecule has 0 aromatic carbocycles. The molecule has 0 aromatic heterocycles. The van der Waals surface area contributed by atoms with Gasteiger partial charge in [-0.2, -0.15) is 0 Å². The fourth-order valence-electron chi connectivity index (χ4n) is 3.72. The highest BCUT2D eigenvalue weighted by Crippen LogP contribution is 2.26. The molecule has 2 fully saturated rings. The minimum Gasteiger partial charge on any atom is -0.357 e. The number of carbonyl (C=O) groups excluding carboxylic acids is 1. The van der Waals surface area contributed by atoms with E-state index < -0.39 is 9.84 Å². The van der Waals surface area contributed by atoms with Crippen molar-refractivity contribution in [3.63, 3.8) is 0 Å². The SMILES string of the molecule is CCNC(=NCCCS(C)(=O)=O)NC1CCN(C(=O)C2CCCCC2)C1. The van der Waals surface area contributed by atoms with Crippen LogP contribution >= 0.6 is 0 Å². The second kappa shape index (κ2) is 10.1. The number of likely N-dealkylation sites (tertiary alicyclic amines) is 1. The molecule has 2 N–H and O–H groups in total. The van der Waals surface area contributed by atoms with Gasteiger partial charge in [0.15, 0.2) is 5.96 Å². The van der Waals surface area contributed by atoms with E-state index in [1.807, 2.05) is 11.8 Å². The van der Waals surface area contributed by atoms with Crippen LogP contribution in [0.5, 0.6) is 0 Å². The van der Waals surface area contributed by atoms with E-state index in [0.717, 1.165) is 38.9 Å². The summed E-state index contributed by atoms with van der Waals surface area (Å²) in [6, 6.07) is 0.204. The predicted molar refractivity (Wildman–Crippen MR) is 105 cm³/mol. The second-order valence-corrected chi connectivity index (χ2v) is 9.75. The molecule has 1 aliphatic carbocycles. The number of carbonyl (C=O) groups is 1. The quantitative estimate of drug-likeness (QED) is 0.389. The lowest BCUT2D eigenvalue weighted by atomic mass is 9.88. The second-order valence-electron chi connectivity index (χ2n) is 7.49. The molecule has 1 saturated carbocycles. The summed E-state index contributed by atoms with van der Waals surface area (Å²) in [5.74, 6) is 1.41. The third kappa shape index (κ3) is 7.13. The Morgan fingerprint density at radius 1 is 1.19 bits per heavy atom. The molecule has 0 aromatic rings. The van der Waals surface area contributed by atoms with Crippen LogP contribution in [0.2, 0.25) is 0 Å². The molecule has 0 radical (unpaired) electrons. The number of nitrogens with zero attached hydrogens (tertiary/aromatic N) is 2. The van der Waals surface area contributed by atoms with Crippen LogP contribution in [-0.4, -0.2) is 69.4 Å². The number of nitrogens with one attached hydrogen (secondary N) is 2. The van der Waals surface area contributed by atoms with Crippen molar-refractivity contribution in [1.29, 1.82) is 0 Å². The number of amides is 1. The van der Waals surface area contributed by atoms with E-state index in [4.69, 9.17) is 0 Å². The molecule has 0 spiro atoms. The molecule has 2 rings (SSSR count). The van der Waals surface area contributed by atoms with Crippen molar-refractivity contribution in [2.45, 2.75) is 57.9 Å². The van der Waals surface area contributed by atoms with Crippen molar-refractivity contribution in [2.75, 3.05) is 38.2 Å². The Morgan fingerprint density at radius 3 is 2.58 bits per heavy atom. The number of rotatable bonds is 7. The first-order valence-corrected chi connectivity index (χ1v) is 12.0. The predicted octanol–water partition coefficient (Wildman–Crippen LogP) is 1.16. The van der Waals surface area contributed by atoms with Crippen LogP contribution in [0, 0.1) is 5.92 Å². The van der Waals surface area contributed by atoms with Crippen molar-refractivity contribution in [2.24, 2.45) is 10.9 Å². The zero-order valence-electron chi connectivity index (χ0n) is 16.2. The van der Waals surface area contributed by atoms with E-state index in [2.05, 4.69) is 15.6 Å². The molecular weight excluding hydrogens is 352 g/mol. The van der Waals surface area contributed by atoms with Crippen molar-refractivity contribution < 1.29 is 13.2 Å². The Kier molecular flexibility index (Phi) is 8.18. The summed E-state index contributed by atoms with van der Waals surface area (Å²) in [6.07, 6.45) is 8.38. The number of hydrogen-bond donors (Lipinski definition) is 2. The molecule has 26 heavy (non-hydrogen) atoms. The number of aliphatic imine (C=N–C) groups is 1. The van der Waals surface area contributed by atoms with Gasteiger partial charge in [-0.15, -0.1) is 0 Å². The maximum atomic E-state index is 12.7. The molecule has 7 nitrogen and oxygen atoms in total. The van der Waals surface area contributed by atoms with Crippen LogP contribution in [0.25, 0.3) is 0 Å². The van der Waals surface area contributed by atoms with Crippen LogP contribution in [0.3, 0.4) is 0 Å². The first kappa shape index (κ1) is 21.0. The van der Waals surface area contributed by atoms with Crippen molar-refractivity contribution in [1.82, 2.24) is 15.5 Å². The average Bonchev–Trinajstić information content (AvgIpc) is 3.06. The van der Waals surface area contributed by atoms with E-state index >= 15 is 0 Å². The minimum atomic E-state index is -2.94. The highest BCUT2D eigenvalue weighted by molar-refractivity contribution is 7.90. The van der Waals surface area contributed by atoms with Gasteiger partial charge in [0.1, 0.15) is 9.84 Å². The van der Waals surface area contributed by atoms with Crippen LogP contribution in [0.1, 0.15) is 51.9 Å². The third-order valence-electron chi connectivity index (χ3n) is 5.08. The van der Waals surface area contributed by atoms with Gasteiger partial charge in [0, 0.05) is 44.4 Å². The molecule has 1 aliphatic heterocycles. The third-order valence-corrected chi connectivity index (χ3v) is 6.11. The van der Waals surface area contributed by atoms with E-state index in [9.17, 15) is 13.2 Å².